The Morgan fingerprint density at radius 2 is 1.90 bits per heavy atom. The lowest BCUT2D eigenvalue weighted by molar-refractivity contribution is -0.126. The molecular formula is C19H27ClN6O5. The Hall–Kier alpha value is -3.18. The molecule has 0 spiro atoms. The standard InChI is InChI=1S/C19H26N6O5.ClH/c1-9(2)22-19-25-13-7-11(6-10(3)16(13)18(29)30-19)23-17(28)12(4-5-14(21)26)24-15(27)8-20;/h6-7,9,12H,4-5,8,20H2,1-3H3,(H2,21,26)(H,22,25)(H,23,28)(H,24,27);1H/t12-;/m0./s1. The third kappa shape index (κ3) is 7.23. The fraction of sp³-hybridized carbons (Fsp3) is 0.421. The zero-order chi connectivity index (χ0) is 22.4. The van der Waals surface area contributed by atoms with Crippen molar-refractivity contribution >= 4 is 52.7 Å². The molecule has 31 heavy (non-hydrogen) atoms. The van der Waals surface area contributed by atoms with Crippen LogP contribution in [0.3, 0.4) is 0 Å². The maximum Gasteiger partial charge on any atom is 0.348 e. The highest BCUT2D eigenvalue weighted by Crippen LogP contribution is 2.21. The topological polar surface area (TPSA) is 182 Å². The van der Waals surface area contributed by atoms with E-state index >= 15 is 0 Å². The summed E-state index contributed by atoms with van der Waals surface area (Å²) in [6, 6.07) is 2.18. The summed E-state index contributed by atoms with van der Waals surface area (Å²) in [6.45, 7) is 5.12. The molecule has 0 unspecified atom stereocenters. The molecule has 0 aliphatic carbocycles. The van der Waals surface area contributed by atoms with Gasteiger partial charge in [0.15, 0.2) is 0 Å². The Kier molecular flexibility index (Phi) is 9.41. The molecule has 170 valence electrons. The Morgan fingerprint density at radius 1 is 1.23 bits per heavy atom. The van der Waals surface area contributed by atoms with E-state index in [1.807, 2.05) is 13.8 Å². The van der Waals surface area contributed by atoms with E-state index in [0.717, 1.165) is 0 Å². The summed E-state index contributed by atoms with van der Waals surface area (Å²) in [5, 5.41) is 8.35. The van der Waals surface area contributed by atoms with Gasteiger partial charge in [-0.3, -0.25) is 14.4 Å². The van der Waals surface area contributed by atoms with Gasteiger partial charge in [0.1, 0.15) is 6.04 Å². The molecule has 1 aromatic carbocycles. The van der Waals surface area contributed by atoms with E-state index in [1.54, 1.807) is 13.0 Å². The largest absolute Gasteiger partial charge is 0.389 e. The third-order valence-electron chi connectivity index (χ3n) is 4.13. The van der Waals surface area contributed by atoms with Crippen LogP contribution in [0.5, 0.6) is 0 Å². The molecule has 1 atom stereocenters. The van der Waals surface area contributed by atoms with Gasteiger partial charge in [-0.1, -0.05) is 0 Å². The molecule has 1 aromatic heterocycles. The number of carbonyl (C=O) groups excluding carboxylic acids is 3. The smallest absolute Gasteiger partial charge is 0.348 e. The number of primary amides is 1. The van der Waals surface area contributed by atoms with Crippen LogP contribution in [0.2, 0.25) is 0 Å². The molecule has 2 aromatic rings. The zero-order valence-corrected chi connectivity index (χ0v) is 18.3. The van der Waals surface area contributed by atoms with E-state index in [1.165, 1.54) is 6.07 Å². The van der Waals surface area contributed by atoms with E-state index in [-0.39, 0.29) is 43.8 Å². The minimum Gasteiger partial charge on any atom is -0.389 e. The van der Waals surface area contributed by atoms with Gasteiger partial charge >= 0.3 is 5.63 Å². The summed E-state index contributed by atoms with van der Waals surface area (Å²) in [5.74, 6) is -1.70. The van der Waals surface area contributed by atoms with Crippen molar-refractivity contribution in [3.05, 3.63) is 28.1 Å². The summed E-state index contributed by atoms with van der Waals surface area (Å²) < 4.78 is 5.18. The summed E-state index contributed by atoms with van der Waals surface area (Å²) in [4.78, 5) is 52.0. The van der Waals surface area contributed by atoms with Gasteiger partial charge in [0.2, 0.25) is 17.7 Å². The molecule has 11 nitrogen and oxygen atoms in total. The Balaban J connectivity index is 0.00000480. The molecule has 0 radical (unpaired) electrons. The second-order valence-electron chi connectivity index (χ2n) is 7.11. The number of nitrogens with zero attached hydrogens (tertiary/aromatic N) is 1. The first kappa shape index (κ1) is 25.9. The molecule has 3 amide bonds. The van der Waals surface area contributed by atoms with Crippen LogP contribution in [0.25, 0.3) is 10.9 Å². The molecule has 7 N–H and O–H groups in total. The Labute approximate surface area is 184 Å². The van der Waals surface area contributed by atoms with Crippen molar-refractivity contribution in [1.29, 1.82) is 0 Å². The lowest BCUT2D eigenvalue weighted by Crippen LogP contribution is -2.46. The number of rotatable bonds is 9. The molecule has 0 aliphatic rings. The average molecular weight is 455 g/mol. The van der Waals surface area contributed by atoms with E-state index < -0.39 is 29.4 Å². The molecular weight excluding hydrogens is 428 g/mol. The van der Waals surface area contributed by atoms with Gasteiger partial charge in [-0.2, -0.15) is 4.98 Å². The molecule has 0 saturated heterocycles. The molecule has 0 aliphatic heterocycles. The number of carbonyl (C=O) groups is 3. The van der Waals surface area contributed by atoms with Crippen molar-refractivity contribution in [2.75, 3.05) is 17.2 Å². The first-order valence-corrected chi connectivity index (χ1v) is 9.41. The SMILES string of the molecule is Cc1cc(NC(=O)[C@H](CCC(N)=O)NC(=O)CN)cc2nc(NC(C)C)oc(=O)c12.Cl. The van der Waals surface area contributed by atoms with Crippen LogP contribution in [0.1, 0.15) is 32.3 Å². The van der Waals surface area contributed by atoms with Crippen molar-refractivity contribution in [1.82, 2.24) is 10.3 Å². The summed E-state index contributed by atoms with van der Waals surface area (Å²) in [5.41, 5.74) is 11.1. The van der Waals surface area contributed by atoms with Crippen molar-refractivity contribution < 1.29 is 18.8 Å². The monoisotopic (exact) mass is 454 g/mol. The van der Waals surface area contributed by atoms with Gasteiger partial charge in [0.25, 0.3) is 6.01 Å². The number of benzene rings is 1. The fourth-order valence-electron chi connectivity index (χ4n) is 2.81. The third-order valence-corrected chi connectivity index (χ3v) is 4.13. The molecule has 0 fully saturated rings. The van der Waals surface area contributed by atoms with E-state index in [9.17, 15) is 19.2 Å². The van der Waals surface area contributed by atoms with Crippen molar-refractivity contribution in [2.45, 2.75) is 45.7 Å². The molecule has 12 heteroatoms. The highest BCUT2D eigenvalue weighted by molar-refractivity contribution is 5.99. The lowest BCUT2D eigenvalue weighted by Gasteiger charge is -2.18. The number of aryl methyl sites for hydroxylation is 1. The minimum atomic E-state index is -1.00. The number of fused-ring (bicyclic) bond motifs is 1. The van der Waals surface area contributed by atoms with Crippen LogP contribution in [-0.2, 0) is 14.4 Å². The Bertz CT molecular complexity index is 1020. The first-order chi connectivity index (χ1) is 14.1. The number of hydrogen-bond donors (Lipinski definition) is 5. The number of nitrogens with one attached hydrogen (secondary N) is 3. The maximum absolute atomic E-state index is 12.7. The van der Waals surface area contributed by atoms with Crippen molar-refractivity contribution in [3.63, 3.8) is 0 Å². The van der Waals surface area contributed by atoms with Crippen LogP contribution < -0.4 is 33.0 Å². The highest BCUT2D eigenvalue weighted by Gasteiger charge is 2.22. The van der Waals surface area contributed by atoms with Gasteiger partial charge in [-0.05, 0) is 44.9 Å². The van der Waals surface area contributed by atoms with Crippen LogP contribution in [-0.4, -0.2) is 41.3 Å². The molecule has 1 heterocycles. The second kappa shape index (κ2) is 11.3. The predicted molar refractivity (Wildman–Crippen MR) is 119 cm³/mol. The lowest BCUT2D eigenvalue weighted by atomic mass is 10.1. The van der Waals surface area contributed by atoms with Crippen molar-refractivity contribution in [2.24, 2.45) is 11.5 Å². The first-order valence-electron chi connectivity index (χ1n) is 9.41. The number of amides is 3. The van der Waals surface area contributed by atoms with Gasteiger partial charge in [0, 0.05) is 18.2 Å². The van der Waals surface area contributed by atoms with Gasteiger partial charge in [0.05, 0.1) is 17.4 Å². The van der Waals surface area contributed by atoms with Gasteiger partial charge < -0.3 is 31.8 Å². The average Bonchev–Trinajstić information content (AvgIpc) is 2.63. The van der Waals surface area contributed by atoms with Gasteiger partial charge in [-0.25, -0.2) is 4.79 Å². The number of nitrogens with two attached hydrogens (primary N) is 2. The molecule has 2 rings (SSSR count). The maximum atomic E-state index is 12.7. The predicted octanol–water partition coefficient (Wildman–Crippen LogP) is 0.386. The Morgan fingerprint density at radius 3 is 2.48 bits per heavy atom. The summed E-state index contributed by atoms with van der Waals surface area (Å²) >= 11 is 0. The van der Waals surface area contributed by atoms with Crippen LogP contribution >= 0.6 is 12.4 Å². The minimum absolute atomic E-state index is 0. The summed E-state index contributed by atoms with van der Waals surface area (Å²) in [6.07, 6.45) is -0.0731. The molecule has 0 saturated carbocycles. The second-order valence-corrected chi connectivity index (χ2v) is 7.11. The van der Waals surface area contributed by atoms with Crippen LogP contribution in [0.4, 0.5) is 11.7 Å². The molecule has 0 bridgehead atoms. The highest BCUT2D eigenvalue weighted by atomic mass is 35.5. The summed E-state index contributed by atoms with van der Waals surface area (Å²) in [7, 11) is 0. The van der Waals surface area contributed by atoms with Gasteiger partial charge in [-0.15, -0.1) is 12.4 Å². The van der Waals surface area contributed by atoms with E-state index in [0.29, 0.717) is 22.2 Å². The number of halogens is 1. The van der Waals surface area contributed by atoms with E-state index in [4.69, 9.17) is 15.9 Å². The number of aromatic nitrogens is 1. The number of anilines is 2. The van der Waals surface area contributed by atoms with Crippen molar-refractivity contribution in [3.8, 4) is 0 Å². The quantitative estimate of drug-likeness (QED) is 0.360. The van der Waals surface area contributed by atoms with Crippen LogP contribution in [0.15, 0.2) is 21.3 Å². The fourth-order valence-corrected chi connectivity index (χ4v) is 2.81. The number of hydrogen-bond acceptors (Lipinski definition) is 8. The van der Waals surface area contributed by atoms with Crippen LogP contribution in [0, 0.1) is 6.92 Å². The normalized spacial score (nSPS) is 11.5. The van der Waals surface area contributed by atoms with E-state index in [2.05, 4.69) is 20.9 Å². The zero-order valence-electron chi connectivity index (χ0n) is 17.5.